The maximum atomic E-state index is 11.6. The van der Waals surface area contributed by atoms with Gasteiger partial charge in [0.05, 0.1) is 31.7 Å². The summed E-state index contributed by atoms with van der Waals surface area (Å²) < 4.78 is 17.1. The third kappa shape index (κ3) is 12.7. The third-order valence-electron chi connectivity index (χ3n) is 9.20. The smallest absolute Gasteiger partial charge is 0.310 e. The molecule has 0 saturated carbocycles. The number of aryl methyl sites for hydroxylation is 2. The van der Waals surface area contributed by atoms with Gasteiger partial charge in [-0.15, -0.1) is 0 Å². The summed E-state index contributed by atoms with van der Waals surface area (Å²) in [5.74, 6) is 0.634. The number of carbonyl (C=O) groups excluding carboxylic acids is 1. The summed E-state index contributed by atoms with van der Waals surface area (Å²) >= 11 is 11.9. The number of fused-ring (bicyclic) bond motifs is 2. The summed E-state index contributed by atoms with van der Waals surface area (Å²) in [5, 5.41) is 37.1. The molecular formula is C42H48Cl2N2O8. The van der Waals surface area contributed by atoms with Crippen molar-refractivity contribution < 1.29 is 39.1 Å². The molecule has 2 aliphatic heterocycles. The van der Waals surface area contributed by atoms with Crippen molar-refractivity contribution in [2.24, 2.45) is 0 Å². The van der Waals surface area contributed by atoms with E-state index in [1.54, 1.807) is 37.3 Å². The number of carboxylic acids is 1. The van der Waals surface area contributed by atoms with Crippen molar-refractivity contribution in [3.8, 4) is 11.5 Å². The number of carboxylic acid groups (broad SMARTS) is 1. The molecule has 6 rings (SSSR count). The first kappa shape index (κ1) is 41.0. The highest BCUT2D eigenvalue weighted by molar-refractivity contribution is 6.30. The van der Waals surface area contributed by atoms with E-state index >= 15 is 0 Å². The molecule has 0 aromatic heterocycles. The molecule has 4 aromatic carbocycles. The fourth-order valence-electron chi connectivity index (χ4n) is 6.48. The van der Waals surface area contributed by atoms with Crippen molar-refractivity contribution in [1.82, 2.24) is 10.6 Å². The maximum Gasteiger partial charge on any atom is 0.310 e. The standard InChI is InChI=1S/C22H26ClNO4.C20H22ClNO4/c1-2-27-22(26)11-15-6-9-21-17(10-15)7-8-19(28-21)13-24-14-20(25)16-4-3-5-18(23)12-16;21-16-3-1-2-14(10-16)18(23)12-22-11-17-6-5-15-8-13(9-20(24)25)4-7-19(15)26-17/h3-6,9-10,12,19-20,24-25H,2,7-8,11,13-14H2,1H3;1-4,7-8,10,17-18,22-23H,5-6,9,11-12H2,(H,24,25). The second-order valence-corrected chi connectivity index (χ2v) is 14.3. The highest BCUT2D eigenvalue weighted by Gasteiger charge is 2.22. The van der Waals surface area contributed by atoms with Crippen molar-refractivity contribution in [2.45, 2.75) is 69.9 Å². The Morgan fingerprint density at radius 3 is 1.67 bits per heavy atom. The molecule has 4 atom stereocenters. The van der Waals surface area contributed by atoms with Gasteiger partial charge in [-0.05, 0) is 102 Å². The highest BCUT2D eigenvalue weighted by atomic mass is 35.5. The minimum absolute atomic E-state index is 0.0272. The predicted octanol–water partition coefficient (Wildman–Crippen LogP) is 6.45. The molecule has 2 aliphatic rings. The summed E-state index contributed by atoms with van der Waals surface area (Å²) in [4.78, 5) is 22.5. The number of hydrogen-bond donors (Lipinski definition) is 5. The van der Waals surface area contributed by atoms with Gasteiger partial charge < -0.3 is 40.2 Å². The van der Waals surface area contributed by atoms with E-state index in [2.05, 4.69) is 10.6 Å². The summed E-state index contributed by atoms with van der Waals surface area (Å²) in [6, 6.07) is 25.9. The summed E-state index contributed by atoms with van der Waals surface area (Å²) in [6.07, 6.45) is 2.64. The average molecular weight is 780 g/mol. The topological polar surface area (TPSA) is 147 Å². The zero-order valence-electron chi connectivity index (χ0n) is 30.3. The van der Waals surface area contributed by atoms with E-state index in [1.807, 2.05) is 54.6 Å². The number of aliphatic hydroxyl groups excluding tert-OH is 2. The van der Waals surface area contributed by atoms with Crippen LogP contribution in [0, 0.1) is 0 Å². The van der Waals surface area contributed by atoms with Crippen LogP contribution in [0.5, 0.6) is 11.5 Å². The van der Waals surface area contributed by atoms with Gasteiger partial charge in [0.25, 0.3) is 0 Å². The van der Waals surface area contributed by atoms with Crippen LogP contribution in [0.4, 0.5) is 0 Å². The van der Waals surface area contributed by atoms with Gasteiger partial charge in [0.1, 0.15) is 23.7 Å². The Hall–Kier alpha value is -4.16. The van der Waals surface area contributed by atoms with Crippen LogP contribution in [-0.4, -0.2) is 72.3 Å². The number of ether oxygens (including phenoxy) is 3. The van der Waals surface area contributed by atoms with Crippen molar-refractivity contribution in [3.05, 3.63) is 128 Å². The monoisotopic (exact) mass is 778 g/mol. The number of rotatable bonds is 15. The van der Waals surface area contributed by atoms with Gasteiger partial charge >= 0.3 is 11.9 Å². The van der Waals surface area contributed by atoms with Gasteiger partial charge in [0.15, 0.2) is 0 Å². The molecule has 0 spiro atoms. The van der Waals surface area contributed by atoms with Crippen LogP contribution in [0.2, 0.25) is 10.0 Å². The number of carbonyl (C=O) groups is 2. The van der Waals surface area contributed by atoms with Gasteiger partial charge in [-0.2, -0.15) is 0 Å². The second kappa shape index (κ2) is 20.5. The molecule has 10 nitrogen and oxygen atoms in total. The number of benzene rings is 4. The van der Waals surface area contributed by atoms with Gasteiger partial charge in [0.2, 0.25) is 0 Å². The number of esters is 1. The van der Waals surface area contributed by atoms with Gasteiger partial charge in [-0.25, -0.2) is 0 Å². The van der Waals surface area contributed by atoms with Crippen LogP contribution in [0.25, 0.3) is 0 Å². The normalized spacial score (nSPS) is 17.0. The van der Waals surface area contributed by atoms with E-state index in [0.717, 1.165) is 70.6 Å². The Balaban J connectivity index is 0.000000208. The van der Waals surface area contributed by atoms with Crippen molar-refractivity contribution in [2.75, 3.05) is 32.8 Å². The number of aliphatic carboxylic acids is 1. The zero-order valence-corrected chi connectivity index (χ0v) is 31.8. The Bertz CT molecular complexity index is 1860. The molecule has 4 aromatic rings. The van der Waals surface area contributed by atoms with Crippen LogP contribution < -0.4 is 20.1 Å². The Morgan fingerprint density at radius 1 is 0.741 bits per heavy atom. The summed E-state index contributed by atoms with van der Waals surface area (Å²) in [5.41, 5.74) is 5.49. The Labute approximate surface area is 326 Å². The summed E-state index contributed by atoms with van der Waals surface area (Å²) in [6.45, 7) is 4.35. The van der Waals surface area contributed by atoms with Crippen LogP contribution >= 0.6 is 23.2 Å². The highest BCUT2D eigenvalue weighted by Crippen LogP contribution is 2.30. The molecule has 54 heavy (non-hydrogen) atoms. The Morgan fingerprint density at radius 2 is 1.22 bits per heavy atom. The average Bonchev–Trinajstić information content (AvgIpc) is 3.15. The molecule has 0 fully saturated rings. The predicted molar refractivity (Wildman–Crippen MR) is 209 cm³/mol. The lowest BCUT2D eigenvalue weighted by atomic mass is 9.99. The van der Waals surface area contributed by atoms with E-state index in [0.29, 0.717) is 42.8 Å². The van der Waals surface area contributed by atoms with Gasteiger partial charge in [-0.3, -0.25) is 9.59 Å². The zero-order chi connectivity index (χ0) is 38.5. The van der Waals surface area contributed by atoms with Gasteiger partial charge in [0, 0.05) is 36.2 Å². The van der Waals surface area contributed by atoms with E-state index in [9.17, 15) is 19.8 Å². The molecule has 5 N–H and O–H groups in total. The molecule has 12 heteroatoms. The van der Waals surface area contributed by atoms with Crippen LogP contribution in [-0.2, 0) is 40.0 Å². The first-order valence-corrected chi connectivity index (χ1v) is 19.0. The van der Waals surface area contributed by atoms with E-state index in [-0.39, 0.29) is 31.0 Å². The van der Waals surface area contributed by atoms with E-state index < -0.39 is 18.2 Å². The van der Waals surface area contributed by atoms with Crippen LogP contribution in [0.1, 0.15) is 65.4 Å². The molecule has 0 radical (unpaired) electrons. The maximum absolute atomic E-state index is 11.6. The van der Waals surface area contributed by atoms with Crippen LogP contribution in [0.15, 0.2) is 84.9 Å². The fourth-order valence-corrected chi connectivity index (χ4v) is 6.88. The van der Waals surface area contributed by atoms with Crippen molar-refractivity contribution >= 4 is 35.1 Å². The summed E-state index contributed by atoms with van der Waals surface area (Å²) in [7, 11) is 0. The minimum Gasteiger partial charge on any atom is -0.489 e. The van der Waals surface area contributed by atoms with E-state index in [4.69, 9.17) is 42.5 Å². The fraction of sp³-hybridized carbons (Fsp3) is 0.381. The lowest BCUT2D eigenvalue weighted by molar-refractivity contribution is -0.142. The van der Waals surface area contributed by atoms with Gasteiger partial charge in [-0.1, -0.05) is 71.7 Å². The number of halogens is 2. The SMILES string of the molecule is CCOC(=O)Cc1ccc2c(c1)CCC(CNCC(O)c1cccc(Cl)c1)O2.O=C(O)Cc1ccc2c(c1)CCC(CNCC(O)c1cccc(Cl)c1)O2. The molecular weight excluding hydrogens is 731 g/mol. The molecule has 0 amide bonds. The van der Waals surface area contributed by atoms with Crippen LogP contribution in [0.3, 0.4) is 0 Å². The molecule has 288 valence electrons. The largest absolute Gasteiger partial charge is 0.489 e. The second-order valence-electron chi connectivity index (χ2n) is 13.5. The first-order chi connectivity index (χ1) is 26.1. The lowest BCUT2D eigenvalue weighted by Crippen LogP contribution is -2.36. The molecule has 0 bridgehead atoms. The minimum atomic E-state index is -0.831. The van der Waals surface area contributed by atoms with E-state index in [1.165, 1.54) is 0 Å². The number of hydrogen-bond acceptors (Lipinski definition) is 9. The molecule has 2 heterocycles. The molecule has 0 saturated heterocycles. The lowest BCUT2D eigenvalue weighted by Gasteiger charge is -2.27. The molecule has 4 unspecified atom stereocenters. The number of aliphatic hydroxyl groups is 2. The number of nitrogens with one attached hydrogen (secondary N) is 2. The molecule has 0 aliphatic carbocycles. The Kier molecular flexibility index (Phi) is 15.6. The quantitative estimate of drug-likeness (QED) is 0.0855. The van der Waals surface area contributed by atoms with Crippen molar-refractivity contribution in [1.29, 1.82) is 0 Å². The van der Waals surface area contributed by atoms with Crippen molar-refractivity contribution in [3.63, 3.8) is 0 Å². The first-order valence-electron chi connectivity index (χ1n) is 18.3. The third-order valence-corrected chi connectivity index (χ3v) is 9.67.